The monoisotopic (exact) mass is 255 g/mol. The lowest BCUT2D eigenvalue weighted by atomic mass is 10.3. The Morgan fingerprint density at radius 3 is 2.22 bits per heavy atom. The van der Waals surface area contributed by atoms with Crippen molar-refractivity contribution in [3.63, 3.8) is 0 Å². The Bertz CT molecular complexity index is 265. The van der Waals surface area contributed by atoms with E-state index in [1.807, 2.05) is 4.90 Å². The number of carbonyl (C=O) groups is 1. The molecule has 2 heterocycles. The molecule has 2 rings (SSSR count). The number of amides is 2. The van der Waals surface area contributed by atoms with Gasteiger partial charge in [-0.05, 0) is 19.5 Å². The van der Waals surface area contributed by atoms with Gasteiger partial charge in [-0.3, -0.25) is 4.90 Å². The van der Waals surface area contributed by atoms with Crippen molar-refractivity contribution < 1.29 is 4.79 Å². The van der Waals surface area contributed by atoms with Crippen LogP contribution in [0.3, 0.4) is 0 Å². The van der Waals surface area contributed by atoms with Gasteiger partial charge in [0.15, 0.2) is 0 Å². The Labute approximate surface area is 109 Å². The van der Waals surface area contributed by atoms with Gasteiger partial charge in [-0.15, -0.1) is 0 Å². The Balaban J connectivity index is 1.60. The molecule has 0 saturated carbocycles. The molecular weight excluding hydrogens is 230 g/mol. The third-order valence-electron chi connectivity index (χ3n) is 3.77. The van der Waals surface area contributed by atoms with Gasteiger partial charge in [0.05, 0.1) is 0 Å². The number of piperazine rings is 1. The zero-order valence-electron chi connectivity index (χ0n) is 11.1. The molecule has 0 unspecified atom stereocenters. The van der Waals surface area contributed by atoms with Crippen LogP contribution < -0.4 is 11.1 Å². The molecule has 6 nitrogen and oxygen atoms in total. The minimum atomic E-state index is 0.0941. The summed E-state index contributed by atoms with van der Waals surface area (Å²) in [6.07, 6.45) is 1.09. The molecule has 2 amide bonds. The third-order valence-corrected chi connectivity index (χ3v) is 3.77. The summed E-state index contributed by atoms with van der Waals surface area (Å²) in [5.41, 5.74) is 5.52. The van der Waals surface area contributed by atoms with Gasteiger partial charge in [-0.2, -0.15) is 0 Å². The molecule has 0 atom stereocenters. The average molecular weight is 255 g/mol. The van der Waals surface area contributed by atoms with Crippen LogP contribution in [0.1, 0.15) is 6.42 Å². The average Bonchev–Trinajstić information content (AvgIpc) is 2.81. The minimum absolute atomic E-state index is 0.0941. The van der Waals surface area contributed by atoms with E-state index < -0.39 is 0 Å². The third kappa shape index (κ3) is 3.83. The van der Waals surface area contributed by atoms with Gasteiger partial charge >= 0.3 is 6.03 Å². The summed E-state index contributed by atoms with van der Waals surface area (Å²) in [7, 11) is 0. The molecular formula is C12H25N5O. The molecule has 0 radical (unpaired) electrons. The van der Waals surface area contributed by atoms with E-state index >= 15 is 0 Å². The van der Waals surface area contributed by atoms with E-state index in [4.69, 9.17) is 5.73 Å². The molecule has 0 spiro atoms. The minimum Gasteiger partial charge on any atom is -0.336 e. The zero-order chi connectivity index (χ0) is 12.8. The molecule has 0 aromatic heterocycles. The lowest BCUT2D eigenvalue weighted by molar-refractivity contribution is 0.124. The molecule has 2 saturated heterocycles. The van der Waals surface area contributed by atoms with Crippen LogP contribution in [0, 0.1) is 0 Å². The highest BCUT2D eigenvalue weighted by atomic mass is 16.2. The van der Waals surface area contributed by atoms with Gasteiger partial charge in [0, 0.05) is 52.4 Å². The molecule has 2 aliphatic heterocycles. The van der Waals surface area contributed by atoms with E-state index in [2.05, 4.69) is 15.1 Å². The molecule has 0 aromatic carbocycles. The number of carbonyl (C=O) groups excluding carboxylic acids is 1. The Morgan fingerprint density at radius 2 is 1.67 bits per heavy atom. The highest BCUT2D eigenvalue weighted by Crippen LogP contribution is 2.03. The fourth-order valence-corrected chi connectivity index (χ4v) is 2.54. The molecule has 0 bridgehead atoms. The SMILES string of the molecule is NCCCN1CCN(CCN2CCNC2=O)CC1. The number of hydrogen-bond donors (Lipinski definition) is 2. The van der Waals surface area contributed by atoms with Crippen LogP contribution in [0.2, 0.25) is 0 Å². The highest BCUT2D eigenvalue weighted by Gasteiger charge is 2.21. The lowest BCUT2D eigenvalue weighted by Gasteiger charge is -2.35. The normalized spacial score (nSPS) is 22.5. The first-order chi connectivity index (χ1) is 8.79. The maximum absolute atomic E-state index is 11.4. The highest BCUT2D eigenvalue weighted by molar-refractivity contribution is 5.76. The smallest absolute Gasteiger partial charge is 0.317 e. The molecule has 0 aromatic rings. The van der Waals surface area contributed by atoms with Gasteiger partial charge in [-0.1, -0.05) is 0 Å². The Morgan fingerprint density at radius 1 is 1.00 bits per heavy atom. The number of urea groups is 1. The van der Waals surface area contributed by atoms with Crippen LogP contribution in [0.25, 0.3) is 0 Å². The predicted octanol–water partition coefficient (Wildman–Crippen LogP) is -1.02. The standard InChI is InChI=1S/C12H25N5O/c13-2-1-4-15-6-8-16(9-7-15)10-11-17-5-3-14-12(17)18/h1-11,13H2,(H,14,18). The second-order valence-corrected chi connectivity index (χ2v) is 5.04. The summed E-state index contributed by atoms with van der Waals surface area (Å²) in [5, 5.41) is 2.84. The van der Waals surface area contributed by atoms with Gasteiger partial charge < -0.3 is 20.9 Å². The van der Waals surface area contributed by atoms with Crippen molar-refractivity contribution in [2.75, 3.05) is 65.4 Å². The summed E-state index contributed by atoms with van der Waals surface area (Å²) >= 11 is 0. The summed E-state index contributed by atoms with van der Waals surface area (Å²) in [5.74, 6) is 0. The Kier molecular flexibility index (Phi) is 5.22. The van der Waals surface area contributed by atoms with Crippen molar-refractivity contribution in [1.82, 2.24) is 20.0 Å². The van der Waals surface area contributed by atoms with Gasteiger partial charge in [-0.25, -0.2) is 4.79 Å². The molecule has 6 heteroatoms. The van der Waals surface area contributed by atoms with Crippen molar-refractivity contribution in [2.24, 2.45) is 5.73 Å². The fourth-order valence-electron chi connectivity index (χ4n) is 2.54. The van der Waals surface area contributed by atoms with Crippen LogP contribution in [0.4, 0.5) is 4.79 Å². The summed E-state index contributed by atoms with van der Waals surface area (Å²) < 4.78 is 0. The van der Waals surface area contributed by atoms with E-state index in [1.165, 1.54) is 0 Å². The van der Waals surface area contributed by atoms with Crippen LogP contribution in [0.15, 0.2) is 0 Å². The first-order valence-corrected chi connectivity index (χ1v) is 6.97. The number of nitrogens with two attached hydrogens (primary N) is 1. The largest absolute Gasteiger partial charge is 0.336 e. The van der Waals surface area contributed by atoms with E-state index in [-0.39, 0.29) is 6.03 Å². The van der Waals surface area contributed by atoms with Crippen molar-refractivity contribution in [1.29, 1.82) is 0 Å². The van der Waals surface area contributed by atoms with Gasteiger partial charge in [0.25, 0.3) is 0 Å². The predicted molar refractivity (Wildman–Crippen MR) is 71.5 cm³/mol. The maximum Gasteiger partial charge on any atom is 0.317 e. The van der Waals surface area contributed by atoms with Crippen LogP contribution >= 0.6 is 0 Å². The van der Waals surface area contributed by atoms with E-state index in [1.54, 1.807) is 0 Å². The van der Waals surface area contributed by atoms with Crippen LogP contribution in [0.5, 0.6) is 0 Å². The molecule has 0 aliphatic carbocycles. The number of nitrogens with one attached hydrogen (secondary N) is 1. The Hall–Kier alpha value is -0.850. The van der Waals surface area contributed by atoms with Crippen molar-refractivity contribution in [3.8, 4) is 0 Å². The van der Waals surface area contributed by atoms with Crippen molar-refractivity contribution in [2.45, 2.75) is 6.42 Å². The van der Waals surface area contributed by atoms with Gasteiger partial charge in [0.2, 0.25) is 0 Å². The molecule has 2 fully saturated rings. The first kappa shape index (κ1) is 13.6. The topological polar surface area (TPSA) is 64.8 Å². The summed E-state index contributed by atoms with van der Waals surface area (Å²) in [6, 6.07) is 0.0941. The maximum atomic E-state index is 11.4. The van der Waals surface area contributed by atoms with Crippen LogP contribution in [-0.4, -0.2) is 86.2 Å². The quantitative estimate of drug-likeness (QED) is 0.637. The number of rotatable bonds is 6. The fraction of sp³-hybridized carbons (Fsp3) is 0.917. The van der Waals surface area contributed by atoms with Crippen molar-refractivity contribution in [3.05, 3.63) is 0 Å². The molecule has 104 valence electrons. The number of hydrogen-bond acceptors (Lipinski definition) is 4. The van der Waals surface area contributed by atoms with Crippen LogP contribution in [-0.2, 0) is 0 Å². The number of nitrogens with zero attached hydrogens (tertiary/aromatic N) is 3. The van der Waals surface area contributed by atoms with E-state index in [0.717, 1.165) is 71.9 Å². The van der Waals surface area contributed by atoms with Gasteiger partial charge in [0.1, 0.15) is 0 Å². The van der Waals surface area contributed by atoms with Crippen molar-refractivity contribution >= 4 is 6.03 Å². The molecule has 18 heavy (non-hydrogen) atoms. The van der Waals surface area contributed by atoms with E-state index in [9.17, 15) is 4.79 Å². The lowest BCUT2D eigenvalue weighted by Crippen LogP contribution is -2.49. The zero-order valence-corrected chi connectivity index (χ0v) is 11.1. The van der Waals surface area contributed by atoms with E-state index in [0.29, 0.717) is 0 Å². The second-order valence-electron chi connectivity index (χ2n) is 5.04. The first-order valence-electron chi connectivity index (χ1n) is 6.97. The molecule has 2 aliphatic rings. The molecule has 3 N–H and O–H groups in total. The second kappa shape index (κ2) is 6.92. The summed E-state index contributed by atoms with van der Waals surface area (Å²) in [4.78, 5) is 18.2. The summed E-state index contributed by atoms with van der Waals surface area (Å²) in [6.45, 7) is 9.90.